The van der Waals surface area contributed by atoms with Crippen LogP contribution in [0.5, 0.6) is 0 Å². The molecule has 0 radical (unpaired) electrons. The highest BCUT2D eigenvalue weighted by Crippen LogP contribution is 2.27. The first kappa shape index (κ1) is 12.6. The maximum absolute atomic E-state index is 10.8. The van der Waals surface area contributed by atoms with Gasteiger partial charge in [-0.15, -0.1) is 0 Å². The Kier molecular flexibility index (Phi) is 4.92. The number of hydrogen-bond acceptors (Lipinski definition) is 3. The number of nitro benzene ring substituents is 1. The van der Waals surface area contributed by atoms with Gasteiger partial charge in [0.2, 0.25) is 0 Å². The fourth-order valence-electron chi connectivity index (χ4n) is 1.68. The molecule has 16 heavy (non-hydrogen) atoms. The standard InChI is InChI=1S/C12H17NO3/c1-2-3-4-9-12(14)10-7-5-6-8-11(10)13(15)16/h5-8,12,14H,2-4,9H2,1H3. The maximum atomic E-state index is 10.8. The fourth-order valence-corrected chi connectivity index (χ4v) is 1.68. The molecule has 0 saturated heterocycles. The Morgan fingerprint density at radius 1 is 1.38 bits per heavy atom. The van der Waals surface area contributed by atoms with Crippen molar-refractivity contribution in [3.05, 3.63) is 39.9 Å². The number of benzene rings is 1. The van der Waals surface area contributed by atoms with E-state index in [1.807, 2.05) is 0 Å². The van der Waals surface area contributed by atoms with E-state index < -0.39 is 11.0 Å². The van der Waals surface area contributed by atoms with Crippen LogP contribution in [0.15, 0.2) is 24.3 Å². The highest BCUT2D eigenvalue weighted by molar-refractivity contribution is 5.41. The van der Waals surface area contributed by atoms with E-state index >= 15 is 0 Å². The minimum absolute atomic E-state index is 0.00602. The van der Waals surface area contributed by atoms with E-state index in [1.54, 1.807) is 18.2 Å². The lowest BCUT2D eigenvalue weighted by molar-refractivity contribution is -0.386. The van der Waals surface area contributed by atoms with E-state index in [0.717, 1.165) is 19.3 Å². The van der Waals surface area contributed by atoms with Crippen LogP contribution >= 0.6 is 0 Å². The molecular weight excluding hydrogens is 206 g/mol. The molecule has 0 saturated carbocycles. The number of rotatable bonds is 6. The number of aliphatic hydroxyl groups is 1. The van der Waals surface area contributed by atoms with Crippen LogP contribution in [0.3, 0.4) is 0 Å². The SMILES string of the molecule is CCCCCC(O)c1ccccc1[N+](=O)[O-]. The van der Waals surface area contributed by atoms with Crippen LogP contribution in [0.2, 0.25) is 0 Å². The molecule has 0 aliphatic rings. The molecule has 0 aromatic heterocycles. The lowest BCUT2D eigenvalue weighted by atomic mass is 10.0. The molecule has 1 aromatic carbocycles. The first-order chi connectivity index (χ1) is 7.66. The van der Waals surface area contributed by atoms with Gasteiger partial charge in [0, 0.05) is 6.07 Å². The number of aliphatic hydroxyl groups excluding tert-OH is 1. The Morgan fingerprint density at radius 3 is 2.69 bits per heavy atom. The maximum Gasteiger partial charge on any atom is 0.275 e. The van der Waals surface area contributed by atoms with E-state index in [2.05, 4.69) is 6.92 Å². The van der Waals surface area contributed by atoms with Crippen molar-refractivity contribution in [1.82, 2.24) is 0 Å². The molecule has 0 bridgehead atoms. The minimum Gasteiger partial charge on any atom is -0.388 e. The third-order valence-corrected chi connectivity index (χ3v) is 2.57. The summed E-state index contributed by atoms with van der Waals surface area (Å²) in [6.45, 7) is 2.08. The van der Waals surface area contributed by atoms with Gasteiger partial charge in [-0.2, -0.15) is 0 Å². The molecule has 0 heterocycles. The van der Waals surface area contributed by atoms with Crippen molar-refractivity contribution < 1.29 is 10.0 Å². The van der Waals surface area contributed by atoms with E-state index in [1.165, 1.54) is 6.07 Å². The van der Waals surface area contributed by atoms with Gasteiger partial charge in [0.25, 0.3) is 5.69 Å². The molecule has 1 unspecified atom stereocenters. The van der Waals surface area contributed by atoms with Crippen LogP contribution in [0.25, 0.3) is 0 Å². The summed E-state index contributed by atoms with van der Waals surface area (Å²) in [6.07, 6.45) is 2.86. The minimum atomic E-state index is -0.729. The number of unbranched alkanes of at least 4 members (excludes halogenated alkanes) is 2. The molecule has 1 aromatic rings. The molecule has 1 rings (SSSR count). The van der Waals surface area contributed by atoms with Crippen LogP contribution in [0.1, 0.15) is 44.3 Å². The quantitative estimate of drug-likeness (QED) is 0.457. The van der Waals surface area contributed by atoms with Crippen LogP contribution < -0.4 is 0 Å². The van der Waals surface area contributed by atoms with E-state index in [9.17, 15) is 15.2 Å². The van der Waals surface area contributed by atoms with Crippen molar-refractivity contribution >= 4 is 5.69 Å². The monoisotopic (exact) mass is 223 g/mol. The largest absolute Gasteiger partial charge is 0.388 e. The van der Waals surface area contributed by atoms with Crippen molar-refractivity contribution in [3.63, 3.8) is 0 Å². The topological polar surface area (TPSA) is 63.4 Å². The molecule has 1 atom stereocenters. The Labute approximate surface area is 95.1 Å². The van der Waals surface area contributed by atoms with Crippen molar-refractivity contribution in [2.45, 2.75) is 38.7 Å². The second kappa shape index (κ2) is 6.23. The first-order valence-corrected chi connectivity index (χ1v) is 5.58. The summed E-state index contributed by atoms with van der Waals surface area (Å²) in [6, 6.07) is 6.37. The zero-order valence-corrected chi connectivity index (χ0v) is 9.43. The Hall–Kier alpha value is -1.42. The highest BCUT2D eigenvalue weighted by atomic mass is 16.6. The smallest absolute Gasteiger partial charge is 0.275 e. The van der Waals surface area contributed by atoms with E-state index in [4.69, 9.17) is 0 Å². The predicted molar refractivity (Wildman–Crippen MR) is 62.2 cm³/mol. The summed E-state index contributed by atoms with van der Waals surface area (Å²) in [5, 5.41) is 20.6. The van der Waals surface area contributed by atoms with Gasteiger partial charge < -0.3 is 5.11 Å². The zero-order valence-electron chi connectivity index (χ0n) is 9.43. The molecular formula is C12H17NO3. The van der Waals surface area contributed by atoms with Gasteiger partial charge in [-0.3, -0.25) is 10.1 Å². The Morgan fingerprint density at radius 2 is 2.06 bits per heavy atom. The number of nitro groups is 1. The third kappa shape index (κ3) is 3.31. The average molecular weight is 223 g/mol. The molecule has 0 spiro atoms. The van der Waals surface area contributed by atoms with Gasteiger partial charge in [0.05, 0.1) is 16.6 Å². The highest BCUT2D eigenvalue weighted by Gasteiger charge is 2.18. The summed E-state index contributed by atoms with van der Waals surface area (Å²) in [4.78, 5) is 10.3. The average Bonchev–Trinajstić information content (AvgIpc) is 2.29. The van der Waals surface area contributed by atoms with Gasteiger partial charge in [-0.25, -0.2) is 0 Å². The molecule has 4 nitrogen and oxygen atoms in total. The van der Waals surface area contributed by atoms with E-state index in [-0.39, 0.29) is 5.69 Å². The summed E-state index contributed by atoms with van der Waals surface area (Å²) >= 11 is 0. The van der Waals surface area contributed by atoms with Crippen molar-refractivity contribution in [2.75, 3.05) is 0 Å². The summed E-state index contributed by atoms with van der Waals surface area (Å²) in [7, 11) is 0. The lowest BCUT2D eigenvalue weighted by Gasteiger charge is -2.10. The molecule has 4 heteroatoms. The van der Waals surface area contributed by atoms with Crippen LogP contribution in [0, 0.1) is 10.1 Å². The molecule has 88 valence electrons. The van der Waals surface area contributed by atoms with Crippen molar-refractivity contribution in [3.8, 4) is 0 Å². The molecule has 0 aliphatic carbocycles. The fraction of sp³-hybridized carbons (Fsp3) is 0.500. The molecule has 1 N–H and O–H groups in total. The van der Waals surface area contributed by atoms with Gasteiger partial charge in [0.15, 0.2) is 0 Å². The van der Waals surface area contributed by atoms with Gasteiger partial charge in [0.1, 0.15) is 0 Å². The van der Waals surface area contributed by atoms with Gasteiger partial charge >= 0.3 is 0 Å². The van der Waals surface area contributed by atoms with Crippen LogP contribution in [-0.2, 0) is 0 Å². The lowest BCUT2D eigenvalue weighted by Crippen LogP contribution is -2.02. The second-order valence-corrected chi connectivity index (χ2v) is 3.83. The number of nitrogens with zero attached hydrogens (tertiary/aromatic N) is 1. The zero-order chi connectivity index (χ0) is 12.0. The molecule has 0 amide bonds. The molecule has 0 aliphatic heterocycles. The Bertz CT molecular complexity index is 352. The van der Waals surface area contributed by atoms with Gasteiger partial charge in [-0.1, -0.05) is 38.3 Å². The number of para-hydroxylation sites is 1. The third-order valence-electron chi connectivity index (χ3n) is 2.57. The van der Waals surface area contributed by atoms with Crippen molar-refractivity contribution in [2.24, 2.45) is 0 Å². The van der Waals surface area contributed by atoms with Gasteiger partial charge in [-0.05, 0) is 12.5 Å². The van der Waals surface area contributed by atoms with Crippen molar-refractivity contribution in [1.29, 1.82) is 0 Å². The molecule has 0 fully saturated rings. The first-order valence-electron chi connectivity index (χ1n) is 5.58. The second-order valence-electron chi connectivity index (χ2n) is 3.83. The predicted octanol–water partition coefficient (Wildman–Crippen LogP) is 3.21. The summed E-state index contributed by atoms with van der Waals surface area (Å²) in [5.41, 5.74) is 0.426. The van der Waals surface area contributed by atoms with Crippen LogP contribution in [0.4, 0.5) is 5.69 Å². The summed E-state index contributed by atoms with van der Waals surface area (Å²) in [5.74, 6) is 0. The van der Waals surface area contributed by atoms with E-state index in [0.29, 0.717) is 12.0 Å². The summed E-state index contributed by atoms with van der Waals surface area (Å²) < 4.78 is 0. The van der Waals surface area contributed by atoms with Crippen LogP contribution in [-0.4, -0.2) is 10.0 Å². The number of hydrogen-bond donors (Lipinski definition) is 1. The Balaban J connectivity index is 2.74. The normalized spacial score (nSPS) is 12.4.